The number of benzene rings is 2. The van der Waals surface area contributed by atoms with Gasteiger partial charge in [-0.25, -0.2) is 9.97 Å². The molecule has 1 unspecified atom stereocenters. The SMILES string of the molecule is CC(c1ccncn1)N(C)C(=O)c1ccc(-c2cn[nH]c2)c2ccccc12. The first-order valence-corrected chi connectivity index (χ1v) is 8.71. The number of aromatic nitrogens is 4. The van der Waals surface area contributed by atoms with E-state index in [0.717, 1.165) is 27.6 Å². The average Bonchev–Trinajstić information content (AvgIpc) is 3.26. The summed E-state index contributed by atoms with van der Waals surface area (Å²) in [6.07, 6.45) is 6.82. The summed E-state index contributed by atoms with van der Waals surface area (Å²) in [5.41, 5.74) is 3.51. The molecular weight excluding hydrogens is 338 g/mol. The Labute approximate surface area is 156 Å². The van der Waals surface area contributed by atoms with Crippen molar-refractivity contribution in [3.8, 4) is 11.1 Å². The van der Waals surface area contributed by atoms with Crippen molar-refractivity contribution < 1.29 is 4.79 Å². The first-order valence-electron chi connectivity index (χ1n) is 8.71. The minimum atomic E-state index is -0.159. The largest absolute Gasteiger partial charge is 0.333 e. The van der Waals surface area contributed by atoms with E-state index in [-0.39, 0.29) is 11.9 Å². The highest BCUT2D eigenvalue weighted by atomic mass is 16.2. The number of hydrogen-bond donors (Lipinski definition) is 1. The molecule has 2 aromatic heterocycles. The van der Waals surface area contributed by atoms with Crippen molar-refractivity contribution in [2.24, 2.45) is 0 Å². The van der Waals surface area contributed by atoms with E-state index in [1.165, 1.54) is 6.33 Å². The standard InChI is InChI=1S/C21H19N5O/c1-14(20-9-10-22-13-23-20)26(2)21(27)19-8-7-16(15-11-24-25-12-15)17-5-3-4-6-18(17)19/h3-14H,1-2H3,(H,24,25). The second-order valence-electron chi connectivity index (χ2n) is 6.42. The number of H-pyrrole nitrogens is 1. The van der Waals surface area contributed by atoms with Crippen LogP contribution in [0.25, 0.3) is 21.9 Å². The van der Waals surface area contributed by atoms with Gasteiger partial charge in [-0.05, 0) is 35.4 Å². The van der Waals surface area contributed by atoms with Crippen molar-refractivity contribution >= 4 is 16.7 Å². The van der Waals surface area contributed by atoms with E-state index in [1.54, 1.807) is 24.3 Å². The van der Waals surface area contributed by atoms with Gasteiger partial charge in [-0.15, -0.1) is 0 Å². The minimum absolute atomic E-state index is 0.0453. The Morgan fingerprint density at radius 3 is 2.63 bits per heavy atom. The molecule has 6 heteroatoms. The zero-order valence-corrected chi connectivity index (χ0v) is 15.1. The van der Waals surface area contributed by atoms with Gasteiger partial charge in [-0.1, -0.05) is 30.3 Å². The van der Waals surface area contributed by atoms with Crippen LogP contribution in [0.1, 0.15) is 29.0 Å². The number of amides is 1. The summed E-state index contributed by atoms with van der Waals surface area (Å²) < 4.78 is 0. The van der Waals surface area contributed by atoms with E-state index >= 15 is 0 Å². The van der Waals surface area contributed by atoms with Gasteiger partial charge in [0.1, 0.15) is 6.33 Å². The van der Waals surface area contributed by atoms with Gasteiger partial charge in [0, 0.05) is 30.6 Å². The molecule has 0 aliphatic heterocycles. The Morgan fingerprint density at radius 2 is 1.93 bits per heavy atom. The topological polar surface area (TPSA) is 74.8 Å². The van der Waals surface area contributed by atoms with Crippen molar-refractivity contribution in [3.05, 3.63) is 78.6 Å². The smallest absolute Gasteiger partial charge is 0.254 e. The maximum Gasteiger partial charge on any atom is 0.254 e. The molecule has 1 atom stereocenters. The first-order chi connectivity index (χ1) is 13.2. The number of rotatable bonds is 4. The third kappa shape index (κ3) is 3.06. The van der Waals surface area contributed by atoms with Crippen molar-refractivity contribution in [1.29, 1.82) is 0 Å². The summed E-state index contributed by atoms with van der Waals surface area (Å²) in [5.74, 6) is -0.0453. The summed E-state index contributed by atoms with van der Waals surface area (Å²) in [6, 6.07) is 13.5. The minimum Gasteiger partial charge on any atom is -0.333 e. The maximum atomic E-state index is 13.2. The van der Waals surface area contributed by atoms with Crippen molar-refractivity contribution in [1.82, 2.24) is 25.1 Å². The number of aromatic amines is 1. The maximum absolute atomic E-state index is 13.2. The van der Waals surface area contributed by atoms with Gasteiger partial charge in [0.25, 0.3) is 5.91 Å². The lowest BCUT2D eigenvalue weighted by Gasteiger charge is -2.25. The lowest BCUT2D eigenvalue weighted by molar-refractivity contribution is 0.0741. The summed E-state index contributed by atoms with van der Waals surface area (Å²) in [6.45, 7) is 1.96. The quantitative estimate of drug-likeness (QED) is 0.602. The molecule has 0 saturated heterocycles. The van der Waals surface area contributed by atoms with Gasteiger partial charge in [0.05, 0.1) is 17.9 Å². The molecule has 134 valence electrons. The highest BCUT2D eigenvalue weighted by Crippen LogP contribution is 2.31. The van der Waals surface area contributed by atoms with Crippen LogP contribution in [0, 0.1) is 0 Å². The average molecular weight is 357 g/mol. The van der Waals surface area contributed by atoms with Crippen LogP contribution in [0.4, 0.5) is 0 Å². The predicted octanol–water partition coefficient (Wildman–Crippen LogP) is 3.85. The summed E-state index contributed by atoms with van der Waals surface area (Å²) in [7, 11) is 1.80. The van der Waals surface area contributed by atoms with Crippen LogP contribution in [0.15, 0.2) is 67.4 Å². The molecule has 1 amide bonds. The van der Waals surface area contributed by atoms with Crippen LogP contribution in [-0.4, -0.2) is 38.0 Å². The Bertz CT molecular complexity index is 1080. The molecule has 0 bridgehead atoms. The normalized spacial score (nSPS) is 12.1. The second kappa shape index (κ2) is 6.99. The van der Waals surface area contributed by atoms with Crippen LogP contribution in [0.3, 0.4) is 0 Å². The first kappa shape index (κ1) is 16.9. The Hall–Kier alpha value is -3.54. The molecule has 1 N–H and O–H groups in total. The zero-order valence-electron chi connectivity index (χ0n) is 15.1. The molecule has 2 aromatic carbocycles. The molecule has 2 heterocycles. The molecule has 0 spiro atoms. The zero-order chi connectivity index (χ0) is 18.8. The summed E-state index contributed by atoms with van der Waals surface area (Å²) in [4.78, 5) is 23.2. The van der Waals surface area contributed by atoms with Gasteiger partial charge in [0.2, 0.25) is 0 Å². The number of fused-ring (bicyclic) bond motifs is 1. The van der Waals surface area contributed by atoms with E-state index in [9.17, 15) is 4.79 Å². The van der Waals surface area contributed by atoms with E-state index in [0.29, 0.717) is 5.56 Å². The molecule has 4 rings (SSSR count). The number of carbonyl (C=O) groups is 1. The molecule has 0 aliphatic carbocycles. The van der Waals surface area contributed by atoms with E-state index < -0.39 is 0 Å². The number of carbonyl (C=O) groups excluding carboxylic acids is 1. The third-order valence-electron chi connectivity index (χ3n) is 4.90. The number of hydrogen-bond acceptors (Lipinski definition) is 4. The van der Waals surface area contributed by atoms with Gasteiger partial charge in [-0.3, -0.25) is 9.89 Å². The van der Waals surface area contributed by atoms with Crippen molar-refractivity contribution in [3.63, 3.8) is 0 Å². The van der Waals surface area contributed by atoms with Crippen LogP contribution < -0.4 is 0 Å². The molecule has 0 fully saturated rings. The molecule has 0 saturated carbocycles. The van der Waals surface area contributed by atoms with E-state index in [4.69, 9.17) is 0 Å². The summed E-state index contributed by atoms with van der Waals surface area (Å²) in [5, 5.41) is 8.82. The fourth-order valence-corrected chi connectivity index (χ4v) is 3.25. The van der Waals surface area contributed by atoms with Crippen LogP contribution >= 0.6 is 0 Å². The molecule has 4 aromatic rings. The van der Waals surface area contributed by atoms with Crippen LogP contribution in [0.2, 0.25) is 0 Å². The van der Waals surface area contributed by atoms with Crippen molar-refractivity contribution in [2.45, 2.75) is 13.0 Å². The van der Waals surface area contributed by atoms with Gasteiger partial charge in [0.15, 0.2) is 0 Å². The number of nitrogens with zero attached hydrogens (tertiary/aromatic N) is 4. The molecule has 6 nitrogen and oxygen atoms in total. The van der Waals surface area contributed by atoms with Gasteiger partial charge < -0.3 is 4.90 Å². The fraction of sp³-hybridized carbons (Fsp3) is 0.143. The fourth-order valence-electron chi connectivity index (χ4n) is 3.25. The highest BCUT2D eigenvalue weighted by molar-refractivity contribution is 6.10. The molecule has 27 heavy (non-hydrogen) atoms. The monoisotopic (exact) mass is 357 g/mol. The summed E-state index contributed by atoms with van der Waals surface area (Å²) >= 11 is 0. The van der Waals surface area contributed by atoms with Gasteiger partial charge in [-0.2, -0.15) is 5.10 Å². The number of nitrogens with one attached hydrogen (secondary N) is 1. The molecule has 0 aliphatic rings. The molecule has 0 radical (unpaired) electrons. The van der Waals surface area contributed by atoms with E-state index in [1.807, 2.05) is 55.6 Å². The Morgan fingerprint density at radius 1 is 1.11 bits per heavy atom. The van der Waals surface area contributed by atoms with Crippen molar-refractivity contribution in [2.75, 3.05) is 7.05 Å². The van der Waals surface area contributed by atoms with E-state index in [2.05, 4.69) is 20.2 Å². The third-order valence-corrected chi connectivity index (χ3v) is 4.90. The Kier molecular flexibility index (Phi) is 4.38. The van der Waals surface area contributed by atoms with Crippen LogP contribution in [-0.2, 0) is 0 Å². The van der Waals surface area contributed by atoms with Gasteiger partial charge >= 0.3 is 0 Å². The lowest BCUT2D eigenvalue weighted by atomic mass is 9.96. The molecular formula is C21H19N5O. The highest BCUT2D eigenvalue weighted by Gasteiger charge is 2.22. The predicted molar refractivity (Wildman–Crippen MR) is 104 cm³/mol. The second-order valence-corrected chi connectivity index (χ2v) is 6.42. The lowest BCUT2D eigenvalue weighted by Crippen LogP contribution is -2.30. The Balaban J connectivity index is 1.76. The van der Waals surface area contributed by atoms with Crippen LogP contribution in [0.5, 0.6) is 0 Å².